The molecule has 0 bridgehead atoms. The van der Waals surface area contributed by atoms with Gasteiger partial charge in [-0.1, -0.05) is 97.9 Å². The standard InChI is InChI=1S/C95H148N24O26/c1-48(2)38-58(98)79(128)115-76(51(7)8)90(139)112-66(42-55-26-28-57(122)29-27-55)84(133)110-68(44-73(100)124)85(134)104-59(22-14-16-34-96)80(129)109-64(40-50(5)6)86(135)116-78(53(10)121)92(141)113-65(41-54-20-12-11-13-21-54)83(132)105-60(30-32-72(99)123)81(130)108-63(39-49(3)4)82(131)106-61(31-33-75(126)127)93(142)118-36-18-25-71(118)89(138)114-69(45-74(101)125)94(143)119-37-19-24-70(119)88(137)111-67(43-56-46-102-47-103-56)87(136)117-77(52(9)120)91(140)107-62(95(144)145)23-15-17-35-97/h11-13,20-21,26-29,46-53,58-71,76-78,120-122H,14-19,22-25,30-45,96-98H2,1-10H3,(H2,99,123)(H2,100,124)(H2,101,125)(H,102,103)(H,104,134)(H,105,132)(H,106,131)(H,107,140)(H,108,130)(H,109,129)(H,110,133)(H,111,137)(H,112,139)(H,113,141)(H,114,138)(H,115,128)(H,116,135)(H,117,136)(H,126,127)(H,144,145)/t52-,53-,58+,59+,60+,61+,62+,63+,64+,65+,66+,67+,68+,69+,70+,71+,76+,77+,78+/m1/s1. The number of carbonyl (C=O) groups is 21. The van der Waals surface area contributed by atoms with Crippen molar-refractivity contribution in [2.24, 2.45) is 58.1 Å². The fourth-order valence-corrected chi connectivity index (χ4v) is 16.5. The zero-order valence-corrected chi connectivity index (χ0v) is 83.6. The Morgan fingerprint density at radius 3 is 1.21 bits per heavy atom. The third kappa shape index (κ3) is 41.4. The molecule has 0 unspecified atom stereocenters. The summed E-state index contributed by atoms with van der Waals surface area (Å²) in [4.78, 5) is 303. The van der Waals surface area contributed by atoms with Crippen LogP contribution >= 0.6 is 0 Å². The molecule has 0 spiro atoms. The molecule has 32 N–H and O–H groups in total. The molecular formula is C95H148N24O26. The van der Waals surface area contributed by atoms with Crippen LogP contribution in [0.5, 0.6) is 5.75 Å². The van der Waals surface area contributed by atoms with Crippen LogP contribution < -0.4 is 109 Å². The molecule has 2 aromatic carbocycles. The number of aliphatic hydroxyl groups excluding tert-OH is 2. The lowest BCUT2D eigenvalue weighted by atomic mass is 9.99. The lowest BCUT2D eigenvalue weighted by molar-refractivity contribution is -0.146. The molecule has 1 aromatic heterocycles. The first kappa shape index (κ1) is 122. The summed E-state index contributed by atoms with van der Waals surface area (Å²) in [7, 11) is 0. The fraction of sp³-hybridized carbons (Fsp3) is 0.621. The second-order valence-corrected chi connectivity index (χ2v) is 38.3. The monoisotopic (exact) mass is 2040 g/mol. The normalized spacial score (nSPS) is 17.0. The lowest BCUT2D eigenvalue weighted by Crippen LogP contribution is -2.62. The lowest BCUT2D eigenvalue weighted by Gasteiger charge is -2.32. The zero-order valence-electron chi connectivity index (χ0n) is 83.6. The number of nitrogens with zero attached hydrogens (tertiary/aromatic N) is 3. The Morgan fingerprint density at radius 2 is 0.766 bits per heavy atom. The highest BCUT2D eigenvalue weighted by Gasteiger charge is 2.46. The van der Waals surface area contributed by atoms with E-state index in [0.717, 1.165) is 23.6 Å². The smallest absolute Gasteiger partial charge is 0.326 e. The second-order valence-electron chi connectivity index (χ2n) is 38.3. The van der Waals surface area contributed by atoms with Crippen molar-refractivity contribution in [1.82, 2.24) is 94.2 Å². The number of aliphatic carboxylic acids is 2. The number of imidazole rings is 1. The summed E-state index contributed by atoms with van der Waals surface area (Å²) in [6.07, 6.45) is -5.19. The van der Waals surface area contributed by atoms with Crippen LogP contribution in [-0.4, -0.2) is 311 Å². The van der Waals surface area contributed by atoms with Gasteiger partial charge in [-0.2, -0.15) is 0 Å². The number of carboxylic acids is 2. The molecule has 5 rings (SSSR count). The maximum atomic E-state index is 15.0. The van der Waals surface area contributed by atoms with Crippen LogP contribution in [0.4, 0.5) is 0 Å². The van der Waals surface area contributed by atoms with E-state index in [1.54, 1.807) is 71.9 Å². The van der Waals surface area contributed by atoms with Crippen LogP contribution in [0, 0.1) is 23.7 Å². The van der Waals surface area contributed by atoms with Crippen molar-refractivity contribution < 1.29 is 126 Å². The summed E-state index contributed by atoms with van der Waals surface area (Å²) < 4.78 is 0. The number of primary amides is 3. The molecular weight excluding hydrogens is 1890 g/mol. The number of hydrogen-bond acceptors (Lipinski definition) is 28. The van der Waals surface area contributed by atoms with Crippen molar-refractivity contribution >= 4 is 124 Å². The van der Waals surface area contributed by atoms with Gasteiger partial charge < -0.3 is 149 Å². The number of aromatic nitrogens is 2. The Hall–Kier alpha value is -13.9. The molecule has 19 atom stereocenters. The number of carboxylic acid groups (broad SMARTS) is 2. The van der Waals surface area contributed by atoms with E-state index in [9.17, 15) is 126 Å². The Kier molecular flexibility index (Phi) is 50.9. The SMILES string of the molecule is CC(C)C[C@H](NC(=O)[C@H](CCC(N)=O)NC(=O)[C@H](Cc1ccccc1)NC(=O)[C@@H](NC(=O)[C@H](CC(C)C)NC(=O)[C@H](CCCCN)NC(=O)[C@H](CC(N)=O)NC(=O)[C@H](Cc1ccc(O)cc1)NC(=O)[C@@H](NC(=O)[C@@H](N)CC(C)C)C(C)C)[C@@H](C)O)C(=O)N[C@@H](CCC(=O)O)C(=O)N1CCC[C@H]1C(=O)N[C@@H](CC(N)=O)C(=O)N1CCC[C@H]1C(=O)N[C@@H](Cc1cnc[nH]1)C(=O)N[C@H](C(=O)N[C@@H](CCCCN)C(=O)O)[C@@H](C)O. The topological polar surface area (TPSA) is 819 Å². The number of H-pyrrole nitrogens is 1. The number of hydrogen-bond donors (Lipinski definition) is 26. The van der Waals surface area contributed by atoms with E-state index in [-0.39, 0.29) is 133 Å². The average molecular weight is 2040 g/mol. The first-order chi connectivity index (χ1) is 68.3. The van der Waals surface area contributed by atoms with Crippen LogP contribution in [0.1, 0.15) is 208 Å². The number of nitrogens with two attached hydrogens (primary N) is 6. The number of aromatic amines is 1. The van der Waals surface area contributed by atoms with Gasteiger partial charge in [0.25, 0.3) is 0 Å². The van der Waals surface area contributed by atoms with Crippen LogP contribution in [0.15, 0.2) is 67.1 Å². The number of carbonyl (C=O) groups excluding carboxylic acids is 19. The van der Waals surface area contributed by atoms with Crippen molar-refractivity contribution in [2.75, 3.05) is 26.2 Å². The predicted octanol–water partition coefficient (Wildman–Crippen LogP) is -5.98. The quantitative estimate of drug-likeness (QED) is 0.0234. The van der Waals surface area contributed by atoms with E-state index in [2.05, 4.69) is 84.4 Å². The fourth-order valence-electron chi connectivity index (χ4n) is 16.5. The number of phenolic OH excluding ortho intramolecular Hbond substituents is 1. The number of unbranched alkanes of at least 4 members (excludes halogenated alkanes) is 2. The van der Waals surface area contributed by atoms with Crippen molar-refractivity contribution in [3.63, 3.8) is 0 Å². The van der Waals surface area contributed by atoms with Gasteiger partial charge >= 0.3 is 11.9 Å². The molecule has 145 heavy (non-hydrogen) atoms. The Bertz CT molecular complexity index is 4890. The van der Waals surface area contributed by atoms with Gasteiger partial charge in [0, 0.05) is 57.1 Å². The highest BCUT2D eigenvalue weighted by molar-refractivity contribution is 6.03. The molecule has 50 nitrogen and oxygen atoms in total. The molecule has 19 amide bonds. The Morgan fingerprint density at radius 1 is 0.393 bits per heavy atom. The van der Waals surface area contributed by atoms with Gasteiger partial charge in [0.15, 0.2) is 0 Å². The molecule has 2 fully saturated rings. The molecule has 3 heterocycles. The van der Waals surface area contributed by atoms with Crippen molar-refractivity contribution in [2.45, 2.75) is 325 Å². The number of amides is 19. The van der Waals surface area contributed by atoms with Gasteiger partial charge in [-0.3, -0.25) is 95.9 Å². The molecule has 804 valence electrons. The van der Waals surface area contributed by atoms with Crippen molar-refractivity contribution in [1.29, 1.82) is 0 Å². The van der Waals surface area contributed by atoms with E-state index < -0.39 is 295 Å². The van der Waals surface area contributed by atoms with E-state index in [0.29, 0.717) is 24.0 Å². The van der Waals surface area contributed by atoms with E-state index in [1.165, 1.54) is 36.8 Å². The summed E-state index contributed by atoms with van der Waals surface area (Å²) in [5.74, 6) is -24.2. The van der Waals surface area contributed by atoms with Gasteiger partial charge in [0.05, 0.1) is 37.4 Å². The molecule has 0 saturated carbocycles. The van der Waals surface area contributed by atoms with Crippen LogP contribution in [0.25, 0.3) is 0 Å². The summed E-state index contributed by atoms with van der Waals surface area (Å²) in [5.41, 5.74) is 35.6. The molecule has 3 aromatic rings. The number of aliphatic hydroxyl groups is 2. The Labute approximate surface area is 840 Å². The largest absolute Gasteiger partial charge is 0.508 e. The number of phenols is 1. The first-order valence-corrected chi connectivity index (χ1v) is 48.8. The summed E-state index contributed by atoms with van der Waals surface area (Å²) in [6.45, 7) is 15.9. The third-order valence-corrected chi connectivity index (χ3v) is 24.1. The number of benzene rings is 2. The van der Waals surface area contributed by atoms with Gasteiger partial charge in [-0.05, 0) is 170 Å². The molecule has 50 heteroatoms. The van der Waals surface area contributed by atoms with Crippen LogP contribution in [0.3, 0.4) is 0 Å². The van der Waals surface area contributed by atoms with Gasteiger partial charge in [0.1, 0.15) is 102 Å². The Balaban J connectivity index is 1.38. The summed E-state index contributed by atoms with van der Waals surface area (Å²) in [6, 6.07) is -13.8. The molecule has 2 aliphatic heterocycles. The maximum absolute atomic E-state index is 15.0. The summed E-state index contributed by atoms with van der Waals surface area (Å²) in [5, 5.41) is 87.2. The minimum atomic E-state index is -1.97. The molecule has 0 radical (unpaired) electrons. The highest BCUT2D eigenvalue weighted by Crippen LogP contribution is 2.25. The average Bonchev–Trinajstić information content (AvgIpc) is 1.68. The van der Waals surface area contributed by atoms with Gasteiger partial charge in [-0.15, -0.1) is 0 Å². The minimum Gasteiger partial charge on any atom is -0.508 e. The number of aromatic hydroxyl groups is 1. The van der Waals surface area contributed by atoms with E-state index >= 15 is 0 Å². The molecule has 2 aliphatic rings. The maximum Gasteiger partial charge on any atom is 0.326 e. The minimum absolute atomic E-state index is 0.0146. The van der Waals surface area contributed by atoms with Crippen molar-refractivity contribution in [3.8, 4) is 5.75 Å². The number of nitrogens with one attached hydrogen (secondary N) is 15. The predicted molar refractivity (Wildman–Crippen MR) is 522 cm³/mol. The van der Waals surface area contributed by atoms with E-state index in [1.807, 2.05) is 13.8 Å². The van der Waals surface area contributed by atoms with E-state index in [4.69, 9.17) is 34.4 Å². The second kappa shape index (κ2) is 60.7. The van der Waals surface area contributed by atoms with Crippen LogP contribution in [0.2, 0.25) is 0 Å². The summed E-state index contributed by atoms with van der Waals surface area (Å²) >= 11 is 0. The zero-order chi connectivity index (χ0) is 108. The third-order valence-electron chi connectivity index (χ3n) is 24.1. The number of likely N-dealkylation sites (tertiary alicyclic amines) is 2. The number of rotatable bonds is 64. The van der Waals surface area contributed by atoms with Gasteiger partial charge in [0.2, 0.25) is 112 Å². The first-order valence-electron chi connectivity index (χ1n) is 48.8. The van der Waals surface area contributed by atoms with Gasteiger partial charge in [-0.25, -0.2) is 9.78 Å². The van der Waals surface area contributed by atoms with Crippen molar-refractivity contribution in [3.05, 3.63) is 83.9 Å². The molecule has 0 aliphatic carbocycles. The molecule has 2 saturated heterocycles. The van der Waals surface area contributed by atoms with Crippen LogP contribution in [-0.2, 0) is 120 Å². The highest BCUT2D eigenvalue weighted by atomic mass is 16.4.